The van der Waals surface area contributed by atoms with Crippen LogP contribution in [0.4, 0.5) is 0 Å². The van der Waals surface area contributed by atoms with Crippen molar-refractivity contribution in [2.45, 2.75) is 25.5 Å². The van der Waals surface area contributed by atoms with Gasteiger partial charge in [0.1, 0.15) is 11.4 Å². The van der Waals surface area contributed by atoms with Crippen LogP contribution in [-0.2, 0) is 11.3 Å². The van der Waals surface area contributed by atoms with Crippen LogP contribution in [0, 0.1) is 13.8 Å². The lowest BCUT2D eigenvalue weighted by Crippen LogP contribution is -2.28. The van der Waals surface area contributed by atoms with E-state index in [0.29, 0.717) is 17.5 Å². The van der Waals surface area contributed by atoms with Gasteiger partial charge in [0.2, 0.25) is 11.1 Å². The normalized spacial score (nSPS) is 10.7. The topological polar surface area (TPSA) is 73.1 Å². The molecule has 2 aromatic carbocycles. The largest absolute Gasteiger partial charge is 0.494 e. The van der Waals surface area contributed by atoms with Gasteiger partial charge < -0.3 is 9.64 Å². The monoisotopic (exact) mass is 397 g/mol. The molecular weight excluding hydrogens is 374 g/mol. The Morgan fingerprint density at radius 2 is 2.00 bits per heavy atom. The maximum atomic E-state index is 12.6. The fraction of sp³-hybridized carbons (Fsp3) is 0.300. The summed E-state index contributed by atoms with van der Waals surface area (Å²) in [6.45, 7) is 4.61. The molecule has 146 valence electrons. The zero-order valence-electron chi connectivity index (χ0n) is 16.4. The molecule has 0 saturated carbocycles. The molecule has 28 heavy (non-hydrogen) atoms. The van der Waals surface area contributed by atoms with Gasteiger partial charge >= 0.3 is 0 Å². The van der Waals surface area contributed by atoms with Gasteiger partial charge in [-0.2, -0.15) is 4.68 Å². The van der Waals surface area contributed by atoms with E-state index < -0.39 is 0 Å². The summed E-state index contributed by atoms with van der Waals surface area (Å²) in [4.78, 5) is 14.3. The van der Waals surface area contributed by atoms with E-state index in [1.54, 1.807) is 16.7 Å². The highest BCUT2D eigenvalue weighted by Gasteiger charge is 2.17. The average Bonchev–Trinajstić information content (AvgIpc) is 3.16. The summed E-state index contributed by atoms with van der Waals surface area (Å²) in [5, 5.41) is 12.4. The molecule has 0 radical (unpaired) electrons. The van der Waals surface area contributed by atoms with E-state index in [-0.39, 0.29) is 11.7 Å². The first kappa shape index (κ1) is 19.9. The fourth-order valence-corrected chi connectivity index (χ4v) is 3.58. The summed E-state index contributed by atoms with van der Waals surface area (Å²) in [5.74, 6) is 0.929. The molecule has 7 nitrogen and oxygen atoms in total. The zero-order valence-corrected chi connectivity index (χ0v) is 17.2. The quantitative estimate of drug-likeness (QED) is 0.571. The van der Waals surface area contributed by atoms with Crippen LogP contribution in [0.15, 0.2) is 47.6 Å². The molecule has 0 N–H and O–H groups in total. The maximum Gasteiger partial charge on any atom is 0.233 e. The van der Waals surface area contributed by atoms with Gasteiger partial charge in [0, 0.05) is 13.6 Å². The van der Waals surface area contributed by atoms with Crippen LogP contribution < -0.4 is 4.74 Å². The highest BCUT2D eigenvalue weighted by molar-refractivity contribution is 7.99. The highest BCUT2D eigenvalue weighted by Crippen LogP contribution is 2.27. The van der Waals surface area contributed by atoms with E-state index in [1.807, 2.05) is 63.4 Å². The predicted octanol–water partition coefficient (Wildman–Crippen LogP) is 3.04. The Kier molecular flexibility index (Phi) is 6.30. The smallest absolute Gasteiger partial charge is 0.233 e. The number of benzene rings is 2. The minimum Gasteiger partial charge on any atom is -0.494 e. The Hall–Kier alpha value is -2.87. The first-order valence-corrected chi connectivity index (χ1v) is 9.83. The molecule has 0 fully saturated rings. The van der Waals surface area contributed by atoms with Crippen LogP contribution in [0.3, 0.4) is 0 Å². The summed E-state index contributed by atoms with van der Waals surface area (Å²) in [5.41, 5.74) is 4.12. The number of rotatable bonds is 7. The van der Waals surface area contributed by atoms with E-state index in [0.717, 1.165) is 16.8 Å². The Balaban J connectivity index is 1.69. The van der Waals surface area contributed by atoms with E-state index in [2.05, 4.69) is 15.5 Å². The number of carbonyl (C=O) groups excluding carboxylic acids is 1. The summed E-state index contributed by atoms with van der Waals surface area (Å²) >= 11 is 1.30. The standard InChI is InChI=1S/C20H23N5O2S/c1-14-9-10-18(27-4)17(11-14)25-20(21-22-23-25)28-13-19(26)24(3)12-16-8-6-5-7-15(16)2/h5-11H,12-13H2,1-4H3. The second-order valence-electron chi connectivity index (χ2n) is 6.51. The Morgan fingerprint density at radius 1 is 1.21 bits per heavy atom. The van der Waals surface area contributed by atoms with Crippen LogP contribution in [0.1, 0.15) is 16.7 Å². The Labute approximate surface area is 168 Å². The number of aromatic nitrogens is 4. The van der Waals surface area contributed by atoms with E-state index in [9.17, 15) is 4.79 Å². The number of tetrazole rings is 1. The van der Waals surface area contributed by atoms with Crippen LogP contribution in [-0.4, -0.2) is 50.9 Å². The Morgan fingerprint density at radius 3 is 2.75 bits per heavy atom. The zero-order chi connectivity index (χ0) is 20.1. The van der Waals surface area contributed by atoms with E-state index in [4.69, 9.17) is 4.74 Å². The second kappa shape index (κ2) is 8.88. The van der Waals surface area contributed by atoms with Gasteiger partial charge in [-0.15, -0.1) is 5.10 Å². The number of carbonyl (C=O) groups is 1. The number of hydrogen-bond donors (Lipinski definition) is 0. The van der Waals surface area contributed by atoms with Gasteiger partial charge in [-0.25, -0.2) is 0 Å². The third-order valence-corrected chi connectivity index (χ3v) is 5.33. The lowest BCUT2D eigenvalue weighted by Gasteiger charge is -2.18. The number of methoxy groups -OCH3 is 1. The lowest BCUT2D eigenvalue weighted by atomic mass is 10.1. The van der Waals surface area contributed by atoms with Crippen molar-refractivity contribution in [2.75, 3.05) is 19.9 Å². The van der Waals surface area contributed by atoms with Crippen LogP contribution in [0.25, 0.3) is 5.69 Å². The summed E-state index contributed by atoms with van der Waals surface area (Å²) in [6, 6.07) is 13.9. The number of thioether (sulfide) groups is 1. The van der Waals surface area contributed by atoms with E-state index >= 15 is 0 Å². The fourth-order valence-electron chi connectivity index (χ4n) is 2.75. The van der Waals surface area contributed by atoms with Gasteiger partial charge in [-0.05, 0) is 53.1 Å². The summed E-state index contributed by atoms with van der Waals surface area (Å²) in [7, 11) is 3.41. The van der Waals surface area contributed by atoms with Crippen LogP contribution in [0.5, 0.6) is 5.75 Å². The van der Waals surface area contributed by atoms with Crippen molar-refractivity contribution in [3.63, 3.8) is 0 Å². The average molecular weight is 398 g/mol. The van der Waals surface area contributed by atoms with Crippen molar-refractivity contribution >= 4 is 17.7 Å². The molecule has 0 atom stereocenters. The van der Waals surface area contributed by atoms with Gasteiger partial charge in [-0.1, -0.05) is 42.1 Å². The molecule has 1 amide bonds. The third-order valence-electron chi connectivity index (χ3n) is 4.42. The van der Waals surface area contributed by atoms with Crippen LogP contribution in [0.2, 0.25) is 0 Å². The maximum absolute atomic E-state index is 12.6. The van der Waals surface area contributed by atoms with Crippen molar-refractivity contribution in [1.82, 2.24) is 25.1 Å². The minimum atomic E-state index is 0.0130. The molecular formula is C20H23N5O2S. The van der Waals surface area contributed by atoms with Gasteiger partial charge in [0.15, 0.2) is 0 Å². The SMILES string of the molecule is COc1ccc(C)cc1-n1nnnc1SCC(=O)N(C)Cc1ccccc1C. The second-order valence-corrected chi connectivity index (χ2v) is 7.46. The molecule has 0 aliphatic heterocycles. The predicted molar refractivity (Wildman–Crippen MR) is 109 cm³/mol. The number of ether oxygens (including phenoxy) is 1. The first-order valence-electron chi connectivity index (χ1n) is 8.84. The molecule has 3 aromatic rings. The highest BCUT2D eigenvalue weighted by atomic mass is 32.2. The van der Waals surface area contributed by atoms with Crippen molar-refractivity contribution in [1.29, 1.82) is 0 Å². The van der Waals surface area contributed by atoms with Crippen molar-refractivity contribution < 1.29 is 9.53 Å². The van der Waals surface area contributed by atoms with E-state index in [1.165, 1.54) is 17.3 Å². The van der Waals surface area contributed by atoms with Crippen LogP contribution >= 0.6 is 11.8 Å². The van der Waals surface area contributed by atoms with Crippen molar-refractivity contribution in [2.24, 2.45) is 0 Å². The van der Waals surface area contributed by atoms with Gasteiger partial charge in [-0.3, -0.25) is 4.79 Å². The number of hydrogen-bond acceptors (Lipinski definition) is 6. The molecule has 0 aliphatic carbocycles. The molecule has 0 saturated heterocycles. The molecule has 0 aliphatic rings. The van der Waals surface area contributed by atoms with Crippen molar-refractivity contribution in [3.8, 4) is 11.4 Å². The van der Waals surface area contributed by atoms with Gasteiger partial charge in [0.05, 0.1) is 12.9 Å². The third kappa shape index (κ3) is 4.51. The number of nitrogens with zero attached hydrogens (tertiary/aromatic N) is 5. The molecule has 1 heterocycles. The van der Waals surface area contributed by atoms with Gasteiger partial charge in [0.25, 0.3) is 0 Å². The lowest BCUT2D eigenvalue weighted by molar-refractivity contribution is -0.127. The first-order chi connectivity index (χ1) is 13.5. The molecule has 0 bridgehead atoms. The molecule has 0 spiro atoms. The summed E-state index contributed by atoms with van der Waals surface area (Å²) in [6.07, 6.45) is 0. The molecule has 3 rings (SSSR count). The Bertz CT molecular complexity index is 973. The van der Waals surface area contributed by atoms with Crippen molar-refractivity contribution in [3.05, 3.63) is 59.2 Å². The molecule has 8 heteroatoms. The number of aryl methyl sites for hydroxylation is 2. The summed E-state index contributed by atoms with van der Waals surface area (Å²) < 4.78 is 7.02. The molecule has 0 unspecified atom stereocenters. The molecule has 1 aromatic heterocycles. The number of amides is 1. The minimum absolute atomic E-state index is 0.0130.